The average molecular weight is 517 g/mol. The third-order valence-corrected chi connectivity index (χ3v) is 5.27. The zero-order chi connectivity index (χ0) is 26.1. The third-order valence-electron chi connectivity index (χ3n) is 5.00. The summed E-state index contributed by atoms with van der Waals surface area (Å²) in [6.45, 7) is 3.72. The topological polar surface area (TPSA) is 109 Å². The average Bonchev–Trinajstić information content (AvgIpc) is 3.10. The van der Waals surface area contributed by atoms with Gasteiger partial charge < -0.3 is 19.9 Å². The number of pyridine rings is 1. The molecule has 188 valence electrons. The van der Waals surface area contributed by atoms with Crippen LogP contribution in [0.4, 0.5) is 23.2 Å². The predicted octanol–water partition coefficient (Wildman–Crippen LogP) is 5.22. The largest absolute Gasteiger partial charge is 0.495 e. The number of nitrogens with zero attached hydrogens (tertiary/aromatic N) is 2. The molecular weight excluding hydrogens is 496 g/mol. The van der Waals surface area contributed by atoms with Crippen molar-refractivity contribution >= 4 is 23.2 Å². The summed E-state index contributed by atoms with van der Waals surface area (Å²) in [6.07, 6.45) is -8.16. The second kappa shape index (κ2) is 10.1. The van der Waals surface area contributed by atoms with Crippen LogP contribution < -0.4 is 14.8 Å². The number of alkyl halides is 3. The van der Waals surface area contributed by atoms with Gasteiger partial charge in [-0.2, -0.15) is 18.3 Å². The molecule has 13 heteroatoms. The zero-order valence-electron chi connectivity index (χ0n) is 18.9. The quantitative estimate of drug-likeness (QED) is 0.372. The third kappa shape index (κ3) is 5.65. The number of carbonyl (C=O) groups excluding carboxylic acids is 1. The number of ether oxygens (including phenoxy) is 2. The first kappa shape index (κ1) is 26.2. The molecule has 1 unspecified atom stereocenters. The molecule has 3 N–H and O–H groups in total. The van der Waals surface area contributed by atoms with E-state index in [4.69, 9.17) is 21.1 Å². The number of aromatic amines is 1. The summed E-state index contributed by atoms with van der Waals surface area (Å²) in [4.78, 5) is 17.1. The van der Waals surface area contributed by atoms with Gasteiger partial charge in [-0.3, -0.25) is 9.89 Å². The highest BCUT2D eigenvalue weighted by molar-refractivity contribution is 6.33. The highest BCUT2D eigenvalue weighted by Crippen LogP contribution is 2.35. The Balaban J connectivity index is 2.12. The molecule has 0 spiro atoms. The number of carbonyl (C=O) groups is 1. The van der Waals surface area contributed by atoms with Crippen LogP contribution in [0.2, 0.25) is 5.15 Å². The number of anilines is 1. The van der Waals surface area contributed by atoms with Crippen LogP contribution in [0.25, 0.3) is 11.3 Å². The van der Waals surface area contributed by atoms with Crippen LogP contribution in [-0.2, 0) is 0 Å². The summed E-state index contributed by atoms with van der Waals surface area (Å²) in [5.74, 6) is -2.25. The van der Waals surface area contributed by atoms with Gasteiger partial charge in [0, 0.05) is 5.56 Å². The Labute approximate surface area is 202 Å². The van der Waals surface area contributed by atoms with Gasteiger partial charge in [0.25, 0.3) is 5.91 Å². The number of H-pyrrole nitrogens is 1. The Morgan fingerprint density at radius 3 is 2.46 bits per heavy atom. The highest BCUT2D eigenvalue weighted by Gasteiger charge is 2.39. The number of aliphatic hydroxyl groups excluding tert-OH is 1. The Morgan fingerprint density at radius 1 is 1.23 bits per heavy atom. The van der Waals surface area contributed by atoms with Gasteiger partial charge in [0.15, 0.2) is 11.3 Å². The minimum Gasteiger partial charge on any atom is -0.495 e. The van der Waals surface area contributed by atoms with E-state index in [0.717, 1.165) is 19.1 Å². The van der Waals surface area contributed by atoms with Crippen LogP contribution in [0.15, 0.2) is 24.3 Å². The molecular formula is C22H21ClF4N4O4. The number of amides is 1. The van der Waals surface area contributed by atoms with E-state index in [1.54, 1.807) is 6.92 Å². The highest BCUT2D eigenvalue weighted by atomic mass is 35.5. The maximum Gasteiger partial charge on any atom is 0.425 e. The number of halogens is 5. The molecule has 0 aliphatic rings. The van der Waals surface area contributed by atoms with Gasteiger partial charge in [-0.05, 0) is 45.0 Å². The van der Waals surface area contributed by atoms with Crippen molar-refractivity contribution in [3.8, 4) is 22.8 Å². The number of aromatic nitrogens is 3. The maximum atomic E-state index is 15.2. The molecule has 8 nitrogen and oxygen atoms in total. The van der Waals surface area contributed by atoms with Crippen molar-refractivity contribution in [1.82, 2.24) is 15.2 Å². The van der Waals surface area contributed by atoms with E-state index >= 15 is 4.39 Å². The van der Waals surface area contributed by atoms with E-state index < -0.39 is 41.4 Å². The first-order chi connectivity index (χ1) is 16.3. The van der Waals surface area contributed by atoms with Gasteiger partial charge >= 0.3 is 6.18 Å². The van der Waals surface area contributed by atoms with E-state index in [-0.39, 0.29) is 33.5 Å². The summed E-state index contributed by atoms with van der Waals surface area (Å²) in [7, 11) is 1.36. The van der Waals surface area contributed by atoms with Crippen molar-refractivity contribution in [2.24, 2.45) is 0 Å². The molecule has 0 saturated heterocycles. The van der Waals surface area contributed by atoms with Crippen molar-refractivity contribution in [3.05, 3.63) is 52.2 Å². The molecule has 1 amide bonds. The molecule has 3 rings (SSSR count). The van der Waals surface area contributed by atoms with E-state index in [9.17, 15) is 23.1 Å². The molecule has 0 bridgehead atoms. The molecule has 0 saturated carbocycles. The second-order valence-corrected chi connectivity index (χ2v) is 7.92. The van der Waals surface area contributed by atoms with Gasteiger partial charge in [-0.1, -0.05) is 11.6 Å². The normalized spacial score (nSPS) is 13.3. The molecule has 0 radical (unpaired) electrons. The molecule has 2 atom stereocenters. The summed E-state index contributed by atoms with van der Waals surface area (Å²) in [5, 5.41) is 18.5. The Hall–Kier alpha value is -3.38. The second-order valence-electron chi connectivity index (χ2n) is 7.56. The van der Waals surface area contributed by atoms with Crippen LogP contribution >= 0.6 is 11.6 Å². The number of benzene rings is 1. The number of nitrogens with one attached hydrogen (secondary N) is 2. The maximum absolute atomic E-state index is 15.2. The monoisotopic (exact) mass is 516 g/mol. The fraction of sp³-hybridized carbons (Fsp3) is 0.318. The molecule has 2 heterocycles. The number of rotatable bonds is 7. The molecule has 0 aliphatic carbocycles. The number of aliphatic hydroxyl groups is 1. The van der Waals surface area contributed by atoms with E-state index in [2.05, 4.69) is 20.5 Å². The van der Waals surface area contributed by atoms with Gasteiger partial charge in [0.05, 0.1) is 30.2 Å². The van der Waals surface area contributed by atoms with Gasteiger partial charge in [-0.25, -0.2) is 9.37 Å². The van der Waals surface area contributed by atoms with Gasteiger partial charge in [-0.15, -0.1) is 0 Å². The molecule has 1 aromatic carbocycles. The van der Waals surface area contributed by atoms with E-state index in [1.165, 1.54) is 26.2 Å². The first-order valence-corrected chi connectivity index (χ1v) is 10.5. The standard InChI is InChI=1S/C22H21ClF4N4O4/c1-9-18(20(23)31-30-9)29-21(33)13-7-14(24)12(8-17(13)35-11(3)22(25,26)27)15-5-6-16(34-4)19(28-15)10(2)32/h5-8,10-11,32H,1-4H3,(H,29,33)(H,30,31)/t10?,11-/m0/s1. The van der Waals surface area contributed by atoms with Crippen molar-refractivity contribution in [1.29, 1.82) is 0 Å². The fourth-order valence-corrected chi connectivity index (χ4v) is 3.32. The summed E-state index contributed by atoms with van der Waals surface area (Å²) < 4.78 is 65.0. The zero-order valence-corrected chi connectivity index (χ0v) is 19.7. The van der Waals surface area contributed by atoms with Crippen molar-refractivity contribution in [2.75, 3.05) is 12.4 Å². The van der Waals surface area contributed by atoms with Crippen LogP contribution in [0.1, 0.15) is 41.7 Å². The summed E-state index contributed by atoms with van der Waals surface area (Å²) in [5.41, 5.74) is -0.253. The number of hydrogen-bond donors (Lipinski definition) is 3. The minimum absolute atomic E-state index is 0.0237. The summed E-state index contributed by atoms with van der Waals surface area (Å²) >= 11 is 5.91. The van der Waals surface area contributed by atoms with Crippen LogP contribution in [-0.4, -0.2) is 45.6 Å². The smallest absolute Gasteiger partial charge is 0.425 e. The van der Waals surface area contributed by atoms with E-state index in [1.807, 2.05) is 0 Å². The molecule has 3 aromatic rings. The van der Waals surface area contributed by atoms with Crippen LogP contribution in [0.3, 0.4) is 0 Å². The van der Waals surface area contributed by atoms with Gasteiger partial charge in [0.1, 0.15) is 28.7 Å². The minimum atomic E-state index is -4.76. The SMILES string of the molecule is COc1ccc(-c2cc(O[C@@H](C)C(F)(F)F)c(C(=O)Nc3c(Cl)n[nH]c3C)cc2F)nc1C(C)O. The van der Waals surface area contributed by atoms with Crippen LogP contribution in [0, 0.1) is 12.7 Å². The fourth-order valence-electron chi connectivity index (χ4n) is 3.09. The Morgan fingerprint density at radius 2 is 1.91 bits per heavy atom. The molecule has 0 fully saturated rings. The molecule has 35 heavy (non-hydrogen) atoms. The van der Waals surface area contributed by atoms with Crippen LogP contribution in [0.5, 0.6) is 11.5 Å². The lowest BCUT2D eigenvalue weighted by Gasteiger charge is -2.21. The predicted molar refractivity (Wildman–Crippen MR) is 119 cm³/mol. The lowest BCUT2D eigenvalue weighted by atomic mass is 10.0. The lowest BCUT2D eigenvalue weighted by Crippen LogP contribution is -2.32. The molecule has 0 aliphatic heterocycles. The lowest BCUT2D eigenvalue weighted by molar-refractivity contribution is -0.189. The van der Waals surface area contributed by atoms with Crippen molar-refractivity contribution in [2.45, 2.75) is 39.2 Å². The Bertz CT molecular complexity index is 1230. The number of methoxy groups -OCH3 is 1. The molecule has 2 aromatic heterocycles. The van der Waals surface area contributed by atoms with Crippen molar-refractivity contribution < 1.29 is 36.9 Å². The Kier molecular flexibility index (Phi) is 7.56. The number of hydrogen-bond acceptors (Lipinski definition) is 6. The first-order valence-electron chi connectivity index (χ1n) is 10.2. The van der Waals surface area contributed by atoms with Gasteiger partial charge in [0.2, 0.25) is 0 Å². The number of aryl methyl sites for hydroxylation is 1. The van der Waals surface area contributed by atoms with E-state index in [0.29, 0.717) is 5.69 Å². The summed E-state index contributed by atoms with van der Waals surface area (Å²) in [6, 6.07) is 4.46. The van der Waals surface area contributed by atoms with Crippen molar-refractivity contribution in [3.63, 3.8) is 0 Å².